The highest BCUT2D eigenvalue weighted by Gasteiger charge is 2.21. The van der Waals surface area contributed by atoms with Crippen LogP contribution in [0.2, 0.25) is 0 Å². The summed E-state index contributed by atoms with van der Waals surface area (Å²) in [6.07, 6.45) is 0. The summed E-state index contributed by atoms with van der Waals surface area (Å²) in [6.45, 7) is 11.6. The van der Waals surface area contributed by atoms with Crippen LogP contribution < -0.4 is 15.4 Å². The lowest BCUT2D eigenvalue weighted by Gasteiger charge is -2.18. The van der Waals surface area contributed by atoms with Crippen LogP contribution in [0.15, 0.2) is 36.4 Å². The lowest BCUT2D eigenvalue weighted by Crippen LogP contribution is -2.41. The third kappa shape index (κ3) is 6.40. The zero-order chi connectivity index (χ0) is 16.0. The molecule has 0 spiro atoms. The number of rotatable bonds is 4. The number of ether oxygens (including phenoxy) is 1. The molecule has 0 saturated heterocycles. The highest BCUT2D eigenvalue weighted by atomic mass is 32.1. The van der Waals surface area contributed by atoms with E-state index in [9.17, 15) is 4.79 Å². The molecule has 114 valence electrons. The van der Waals surface area contributed by atoms with Gasteiger partial charge in [0.15, 0.2) is 5.11 Å². The molecule has 0 heterocycles. The predicted molar refractivity (Wildman–Crippen MR) is 90.6 cm³/mol. The quantitative estimate of drug-likeness (QED) is 0.660. The van der Waals surface area contributed by atoms with Crippen molar-refractivity contribution in [2.75, 3.05) is 11.9 Å². The van der Waals surface area contributed by atoms with Crippen LogP contribution in [0, 0.1) is 5.41 Å². The van der Waals surface area contributed by atoms with Gasteiger partial charge in [0, 0.05) is 17.2 Å². The molecule has 0 aliphatic rings. The largest absolute Gasteiger partial charge is 0.489 e. The van der Waals surface area contributed by atoms with Gasteiger partial charge in [-0.25, -0.2) is 0 Å². The average molecular weight is 306 g/mol. The minimum absolute atomic E-state index is 0.130. The fourth-order valence-electron chi connectivity index (χ4n) is 1.32. The van der Waals surface area contributed by atoms with Gasteiger partial charge >= 0.3 is 0 Å². The van der Waals surface area contributed by atoms with Crippen molar-refractivity contribution >= 4 is 28.9 Å². The van der Waals surface area contributed by atoms with E-state index in [4.69, 9.17) is 17.0 Å². The maximum atomic E-state index is 11.8. The lowest BCUT2D eigenvalue weighted by atomic mass is 9.96. The molecule has 0 aliphatic heterocycles. The number of benzene rings is 1. The van der Waals surface area contributed by atoms with Crippen molar-refractivity contribution in [3.8, 4) is 5.75 Å². The first-order chi connectivity index (χ1) is 9.68. The van der Waals surface area contributed by atoms with E-state index in [1.54, 1.807) is 0 Å². The molecular formula is C16H22N2O2S. The maximum Gasteiger partial charge on any atom is 0.231 e. The van der Waals surface area contributed by atoms with Gasteiger partial charge in [0.05, 0.1) is 0 Å². The summed E-state index contributed by atoms with van der Waals surface area (Å²) in [6, 6.07) is 7.37. The molecule has 0 aliphatic carbocycles. The summed E-state index contributed by atoms with van der Waals surface area (Å²) < 4.78 is 5.55. The Labute approximate surface area is 131 Å². The summed E-state index contributed by atoms with van der Waals surface area (Å²) in [4.78, 5) is 11.8. The van der Waals surface area contributed by atoms with E-state index in [1.165, 1.54) is 0 Å². The van der Waals surface area contributed by atoms with Crippen molar-refractivity contribution in [3.05, 3.63) is 36.4 Å². The number of anilines is 1. The van der Waals surface area contributed by atoms with Crippen LogP contribution in [-0.4, -0.2) is 17.6 Å². The van der Waals surface area contributed by atoms with Crippen LogP contribution in [0.1, 0.15) is 27.7 Å². The van der Waals surface area contributed by atoms with E-state index < -0.39 is 5.41 Å². The van der Waals surface area contributed by atoms with Gasteiger partial charge in [0.2, 0.25) is 5.91 Å². The Morgan fingerprint density at radius 3 is 2.62 bits per heavy atom. The first-order valence-corrected chi connectivity index (χ1v) is 7.09. The van der Waals surface area contributed by atoms with Gasteiger partial charge in [-0.15, -0.1) is 0 Å². The molecule has 0 aromatic heterocycles. The van der Waals surface area contributed by atoms with E-state index in [0.29, 0.717) is 12.4 Å². The fraction of sp³-hybridized carbons (Fsp3) is 0.375. The van der Waals surface area contributed by atoms with Gasteiger partial charge in [-0.3, -0.25) is 4.79 Å². The van der Waals surface area contributed by atoms with Gasteiger partial charge in [-0.1, -0.05) is 33.4 Å². The number of amides is 1. The van der Waals surface area contributed by atoms with E-state index >= 15 is 0 Å². The fourth-order valence-corrected chi connectivity index (χ4v) is 1.53. The molecule has 0 atom stereocenters. The normalized spacial score (nSPS) is 10.7. The minimum atomic E-state index is -0.488. The molecule has 1 aromatic rings. The first-order valence-electron chi connectivity index (χ1n) is 6.68. The molecule has 1 amide bonds. The zero-order valence-electron chi connectivity index (χ0n) is 12.9. The number of hydrogen-bond acceptors (Lipinski definition) is 3. The van der Waals surface area contributed by atoms with E-state index in [-0.39, 0.29) is 11.0 Å². The van der Waals surface area contributed by atoms with Gasteiger partial charge in [-0.2, -0.15) is 0 Å². The van der Waals surface area contributed by atoms with Crippen molar-refractivity contribution in [1.29, 1.82) is 0 Å². The van der Waals surface area contributed by atoms with Crippen LogP contribution in [0.25, 0.3) is 0 Å². The van der Waals surface area contributed by atoms with Gasteiger partial charge in [-0.05, 0) is 36.8 Å². The minimum Gasteiger partial charge on any atom is -0.489 e. The second-order valence-electron chi connectivity index (χ2n) is 5.93. The summed E-state index contributed by atoms with van der Waals surface area (Å²) in [5, 5.41) is 5.90. The third-order valence-corrected chi connectivity index (χ3v) is 2.69. The Morgan fingerprint density at radius 1 is 1.38 bits per heavy atom. The number of carbonyl (C=O) groups excluding carboxylic acids is 1. The van der Waals surface area contributed by atoms with Crippen LogP contribution in [0.4, 0.5) is 5.69 Å². The summed E-state index contributed by atoms with van der Waals surface area (Å²) >= 11 is 5.13. The van der Waals surface area contributed by atoms with Crippen molar-refractivity contribution < 1.29 is 9.53 Å². The van der Waals surface area contributed by atoms with Crippen molar-refractivity contribution in [2.24, 2.45) is 5.41 Å². The number of carbonyl (C=O) groups is 1. The highest BCUT2D eigenvalue weighted by molar-refractivity contribution is 7.80. The van der Waals surface area contributed by atoms with Crippen molar-refractivity contribution in [3.63, 3.8) is 0 Å². The molecule has 5 heteroatoms. The van der Waals surface area contributed by atoms with E-state index in [2.05, 4.69) is 17.2 Å². The zero-order valence-corrected chi connectivity index (χ0v) is 13.8. The number of hydrogen-bond donors (Lipinski definition) is 2. The molecule has 0 unspecified atom stereocenters. The summed E-state index contributed by atoms with van der Waals surface area (Å²) in [7, 11) is 0. The summed E-state index contributed by atoms with van der Waals surface area (Å²) in [5.74, 6) is 0.586. The Balaban J connectivity index is 2.62. The van der Waals surface area contributed by atoms with Crippen LogP contribution in [-0.2, 0) is 4.79 Å². The molecular weight excluding hydrogens is 284 g/mol. The van der Waals surface area contributed by atoms with E-state index in [0.717, 1.165) is 11.3 Å². The second kappa shape index (κ2) is 7.22. The molecule has 0 radical (unpaired) electrons. The van der Waals surface area contributed by atoms with Gasteiger partial charge in [0.1, 0.15) is 12.4 Å². The summed E-state index contributed by atoms with van der Waals surface area (Å²) in [5.41, 5.74) is 1.22. The highest BCUT2D eigenvalue weighted by Crippen LogP contribution is 2.18. The Bertz CT molecular complexity index is 547. The molecule has 0 bridgehead atoms. The molecule has 21 heavy (non-hydrogen) atoms. The molecule has 1 rings (SSSR count). The lowest BCUT2D eigenvalue weighted by molar-refractivity contribution is -0.126. The molecule has 0 fully saturated rings. The molecule has 0 saturated carbocycles. The standard InChI is InChI=1S/C16H22N2O2S/c1-11(2)10-20-13-8-6-7-12(9-13)17-15(21)18-14(19)16(3,4)5/h6-9H,1,10H2,2-5H3,(H2,17,18,19,21). The molecule has 4 nitrogen and oxygen atoms in total. The first kappa shape index (κ1) is 17.2. The molecule has 2 N–H and O–H groups in total. The topological polar surface area (TPSA) is 50.4 Å². The number of nitrogens with one attached hydrogen (secondary N) is 2. The van der Waals surface area contributed by atoms with E-state index in [1.807, 2.05) is 52.0 Å². The monoisotopic (exact) mass is 306 g/mol. The smallest absolute Gasteiger partial charge is 0.231 e. The second-order valence-corrected chi connectivity index (χ2v) is 6.34. The SMILES string of the molecule is C=C(C)COc1cccc(NC(=S)NC(=O)C(C)(C)C)c1. The Hall–Kier alpha value is -1.88. The Kier molecular flexibility index (Phi) is 5.90. The van der Waals surface area contributed by atoms with Gasteiger partial charge < -0.3 is 15.4 Å². The average Bonchev–Trinajstić information content (AvgIpc) is 2.35. The van der Waals surface area contributed by atoms with Crippen molar-refractivity contribution in [1.82, 2.24) is 5.32 Å². The Morgan fingerprint density at radius 2 is 2.05 bits per heavy atom. The van der Waals surface area contributed by atoms with Gasteiger partial charge in [0.25, 0.3) is 0 Å². The predicted octanol–water partition coefficient (Wildman–Crippen LogP) is 3.50. The van der Waals surface area contributed by atoms with Crippen LogP contribution in [0.3, 0.4) is 0 Å². The van der Waals surface area contributed by atoms with Crippen LogP contribution in [0.5, 0.6) is 5.75 Å². The molecule has 1 aromatic carbocycles. The number of thiocarbonyl (C=S) groups is 1. The third-order valence-electron chi connectivity index (χ3n) is 2.49. The maximum absolute atomic E-state index is 11.8. The van der Waals surface area contributed by atoms with Crippen molar-refractivity contribution in [2.45, 2.75) is 27.7 Å². The van der Waals surface area contributed by atoms with Crippen LogP contribution >= 0.6 is 12.2 Å².